The topological polar surface area (TPSA) is 162 Å². The third-order valence-electron chi connectivity index (χ3n) is 0. The van der Waals surface area contributed by atoms with Crippen molar-refractivity contribution in [1.29, 1.82) is 5.26 Å². The van der Waals surface area contributed by atoms with Crippen LogP contribution in [0.1, 0.15) is 0 Å². The van der Waals surface area contributed by atoms with Gasteiger partial charge in [0, 0.05) is 0 Å². The molecule has 0 spiro atoms. The van der Waals surface area contributed by atoms with E-state index >= 15 is 0 Å². The van der Waals surface area contributed by atoms with E-state index < -0.39 is 12.1 Å². The first-order chi connectivity index (χ1) is 4.46. The summed E-state index contributed by atoms with van der Waals surface area (Å²) in [5.74, 6) is 0. The second-order valence-corrected chi connectivity index (χ2v) is 0.805. The second-order valence-electron chi connectivity index (χ2n) is 0.805. The van der Waals surface area contributed by atoms with Crippen molar-refractivity contribution in [1.82, 2.24) is 0 Å². The Labute approximate surface area is 57.6 Å². The first-order valence-electron chi connectivity index (χ1n) is 1.79. The molecule has 0 rings (SSSR count). The number of primary amides is 4. The van der Waals surface area contributed by atoms with Crippen LogP contribution in [0.15, 0.2) is 0 Å². The zero-order valence-electron chi connectivity index (χ0n) is 5.07. The first kappa shape index (κ1) is 15.7. The Morgan fingerprint density at radius 2 is 0.900 bits per heavy atom. The van der Waals surface area contributed by atoms with E-state index in [9.17, 15) is 0 Å². The molecule has 0 atom stereocenters. The van der Waals surface area contributed by atoms with Crippen LogP contribution in [0, 0.1) is 11.8 Å². The van der Waals surface area contributed by atoms with Gasteiger partial charge in [-0.2, -0.15) is 0 Å². The lowest BCUT2D eigenvalue weighted by Crippen LogP contribution is -2.18. The standard InChI is InChI=1S/2CH4N2O.CN/c2*2-1(3)4;1-2/h2*(H4,2,3,4);/q;;-1. The molecule has 0 fully saturated rings. The van der Waals surface area contributed by atoms with Crippen LogP contribution < -0.4 is 22.9 Å². The summed E-state index contributed by atoms with van der Waals surface area (Å²) in [6, 6.07) is -1.67. The Bertz CT molecular complexity index is 99.3. The van der Waals surface area contributed by atoms with Crippen LogP contribution in [0.5, 0.6) is 0 Å². The number of nitrogens with zero attached hydrogens (tertiary/aromatic N) is 1. The highest BCUT2D eigenvalue weighted by atomic mass is 16.2. The van der Waals surface area contributed by atoms with E-state index in [1.807, 2.05) is 0 Å². The van der Waals surface area contributed by atoms with Gasteiger partial charge in [0.15, 0.2) is 0 Å². The molecule has 0 saturated heterocycles. The quantitative estimate of drug-likeness (QED) is 0.295. The van der Waals surface area contributed by atoms with Gasteiger partial charge in [0.25, 0.3) is 0 Å². The molecule has 0 aromatic heterocycles. The Kier molecular flexibility index (Phi) is 24.7. The van der Waals surface area contributed by atoms with Gasteiger partial charge in [0.05, 0.1) is 0 Å². The number of carbonyl (C=O) groups excluding carboxylic acids is 2. The fourth-order valence-corrected chi connectivity index (χ4v) is 0. The van der Waals surface area contributed by atoms with Crippen molar-refractivity contribution in [3.8, 4) is 0 Å². The maximum Gasteiger partial charge on any atom is 0.309 e. The van der Waals surface area contributed by atoms with Gasteiger partial charge in [-0.3, -0.25) is 0 Å². The fraction of sp³-hybridized carbons (Fsp3) is 0. The van der Waals surface area contributed by atoms with Crippen LogP contribution in [0.25, 0.3) is 0 Å². The molecule has 10 heavy (non-hydrogen) atoms. The molecule has 0 saturated carbocycles. The van der Waals surface area contributed by atoms with Crippen molar-refractivity contribution in [3.05, 3.63) is 6.57 Å². The van der Waals surface area contributed by atoms with Crippen molar-refractivity contribution in [2.75, 3.05) is 0 Å². The molecule has 0 heterocycles. The first-order valence-corrected chi connectivity index (χ1v) is 1.79. The monoisotopic (exact) mass is 146 g/mol. The van der Waals surface area contributed by atoms with E-state index in [2.05, 4.69) is 22.9 Å². The van der Waals surface area contributed by atoms with Crippen LogP contribution in [-0.2, 0) is 0 Å². The summed E-state index contributed by atoms with van der Waals surface area (Å²) in [7, 11) is 0. The van der Waals surface area contributed by atoms with Crippen molar-refractivity contribution in [2.45, 2.75) is 0 Å². The molecule has 0 bridgehead atoms. The van der Waals surface area contributed by atoms with Gasteiger partial charge in [0.2, 0.25) is 0 Å². The number of hydrogen-bond donors (Lipinski definition) is 4. The van der Waals surface area contributed by atoms with Crippen molar-refractivity contribution < 1.29 is 9.59 Å². The van der Waals surface area contributed by atoms with E-state index in [0.717, 1.165) is 0 Å². The van der Waals surface area contributed by atoms with Crippen molar-refractivity contribution in [3.63, 3.8) is 0 Å². The van der Waals surface area contributed by atoms with E-state index in [4.69, 9.17) is 21.4 Å². The van der Waals surface area contributed by atoms with Crippen LogP contribution in [0.3, 0.4) is 0 Å². The minimum Gasteiger partial charge on any atom is -0.512 e. The van der Waals surface area contributed by atoms with Gasteiger partial charge in [-0.25, -0.2) is 9.59 Å². The molecule has 0 aliphatic heterocycles. The summed E-state index contributed by atoms with van der Waals surface area (Å²) >= 11 is 0. The van der Waals surface area contributed by atoms with E-state index in [1.54, 1.807) is 0 Å². The molecule has 0 aromatic rings. The van der Waals surface area contributed by atoms with E-state index in [-0.39, 0.29) is 0 Å². The third kappa shape index (κ3) is 39.3. The SMILES string of the molecule is NC(N)=O.NC(N)=O.[C-]#N. The summed E-state index contributed by atoms with van der Waals surface area (Å²) in [6.45, 7) is 4.75. The minimum atomic E-state index is -0.833. The summed E-state index contributed by atoms with van der Waals surface area (Å²) in [5, 5.41) is 6.25. The number of rotatable bonds is 0. The lowest BCUT2D eigenvalue weighted by atomic mass is 11.2. The molecule has 4 amide bonds. The summed E-state index contributed by atoms with van der Waals surface area (Å²) in [4.78, 5) is 18.0. The Morgan fingerprint density at radius 3 is 0.900 bits per heavy atom. The average Bonchev–Trinajstić information content (AvgIpc) is 1.66. The third-order valence-corrected chi connectivity index (χ3v) is 0. The van der Waals surface area contributed by atoms with Gasteiger partial charge in [-0.05, 0) is 0 Å². The Morgan fingerprint density at radius 1 is 0.900 bits per heavy atom. The maximum atomic E-state index is 9.00. The normalized spacial score (nSPS) is 5.00. The lowest BCUT2D eigenvalue weighted by molar-refractivity contribution is 0.255. The molecule has 7 nitrogen and oxygen atoms in total. The second kappa shape index (κ2) is 15.7. The van der Waals surface area contributed by atoms with Crippen LogP contribution in [0.2, 0.25) is 0 Å². The van der Waals surface area contributed by atoms with Gasteiger partial charge in [-0.15, -0.1) is 0 Å². The van der Waals surface area contributed by atoms with Crippen LogP contribution in [0.4, 0.5) is 9.59 Å². The number of hydrogen-bond acceptors (Lipinski definition) is 3. The molecule has 0 aliphatic rings. The van der Waals surface area contributed by atoms with Crippen LogP contribution >= 0.6 is 0 Å². The molecule has 8 N–H and O–H groups in total. The van der Waals surface area contributed by atoms with E-state index in [0.29, 0.717) is 0 Å². The maximum absolute atomic E-state index is 9.00. The minimum absolute atomic E-state index is 0.833. The van der Waals surface area contributed by atoms with Gasteiger partial charge < -0.3 is 34.8 Å². The van der Waals surface area contributed by atoms with Gasteiger partial charge in [-0.1, -0.05) is 0 Å². The van der Waals surface area contributed by atoms with Gasteiger partial charge in [0.1, 0.15) is 0 Å². The molecule has 58 valence electrons. The highest BCUT2D eigenvalue weighted by molar-refractivity contribution is 5.69. The number of nitrogens with two attached hydrogens (primary N) is 4. The zero-order chi connectivity index (χ0) is 9.15. The fourth-order valence-electron chi connectivity index (χ4n) is 0. The molecule has 0 aliphatic carbocycles. The average molecular weight is 146 g/mol. The summed E-state index contributed by atoms with van der Waals surface area (Å²) < 4.78 is 0. The molecule has 0 unspecified atom stereocenters. The van der Waals surface area contributed by atoms with Crippen molar-refractivity contribution >= 4 is 12.1 Å². The van der Waals surface area contributed by atoms with E-state index in [1.165, 1.54) is 0 Å². The van der Waals surface area contributed by atoms with Crippen LogP contribution in [-0.4, -0.2) is 12.1 Å². The lowest BCUT2D eigenvalue weighted by Gasteiger charge is -1.62. The predicted molar refractivity (Wildman–Crippen MR) is 32.5 cm³/mol. The zero-order valence-corrected chi connectivity index (χ0v) is 5.07. The molecule has 0 aromatic carbocycles. The molecule has 7 heteroatoms. The highest BCUT2D eigenvalue weighted by Gasteiger charge is 1.61. The van der Waals surface area contributed by atoms with Crippen molar-refractivity contribution in [2.24, 2.45) is 22.9 Å². The number of amides is 4. The number of carbonyl (C=O) groups is 2. The molecule has 0 radical (unpaired) electrons. The molecular formula is C3H8N5O2-. The summed E-state index contributed by atoms with van der Waals surface area (Å²) in [5.41, 5.74) is 17.0. The number of urea groups is 2. The summed E-state index contributed by atoms with van der Waals surface area (Å²) in [6.07, 6.45) is 0. The molecular weight excluding hydrogens is 138 g/mol. The Hall–Kier alpha value is -1.97. The smallest absolute Gasteiger partial charge is 0.309 e. The highest BCUT2D eigenvalue weighted by Crippen LogP contribution is 1.26. The van der Waals surface area contributed by atoms with Gasteiger partial charge >= 0.3 is 12.1 Å². The predicted octanol–water partition coefficient (Wildman–Crippen LogP) is -1.86. The largest absolute Gasteiger partial charge is 0.512 e. The Balaban J connectivity index is -0.0000000787.